The zero-order valence-corrected chi connectivity index (χ0v) is 12.8. The molecule has 0 N–H and O–H groups in total. The molecule has 0 spiro atoms. The van der Waals surface area contributed by atoms with E-state index in [0.29, 0.717) is 22.0 Å². The maximum absolute atomic E-state index is 11.9. The molecule has 0 aliphatic heterocycles. The van der Waals surface area contributed by atoms with Gasteiger partial charge in [0.1, 0.15) is 11.5 Å². The fourth-order valence-electron chi connectivity index (χ4n) is 2.09. The first-order valence-corrected chi connectivity index (χ1v) is 7.32. The molecule has 0 aromatic carbocycles. The summed E-state index contributed by atoms with van der Waals surface area (Å²) >= 11 is 1.28. The van der Waals surface area contributed by atoms with Gasteiger partial charge in [0.2, 0.25) is 5.78 Å². The fourth-order valence-corrected chi connectivity index (χ4v) is 2.79. The van der Waals surface area contributed by atoms with Crippen molar-refractivity contribution in [1.29, 1.82) is 0 Å². The van der Waals surface area contributed by atoms with Crippen molar-refractivity contribution in [1.82, 2.24) is 19.4 Å². The number of rotatable bonds is 3. The normalized spacial score (nSPS) is 11.0. The zero-order valence-electron chi connectivity index (χ0n) is 12.0. The van der Waals surface area contributed by atoms with Gasteiger partial charge in [-0.2, -0.15) is 0 Å². The SMILES string of the molecule is Cc1cc(C)n2cc(COC(=O)c3scnc3C)nc2n1. The fraction of sp³-hybridized carbons (Fsp3) is 0.286. The van der Waals surface area contributed by atoms with Crippen LogP contribution in [-0.4, -0.2) is 25.3 Å². The molecule has 0 fully saturated rings. The third kappa shape index (κ3) is 2.64. The van der Waals surface area contributed by atoms with E-state index in [9.17, 15) is 4.79 Å². The molecule has 0 aliphatic carbocycles. The first-order valence-electron chi connectivity index (χ1n) is 6.44. The largest absolute Gasteiger partial charge is 0.455 e. The highest BCUT2D eigenvalue weighted by Gasteiger charge is 2.14. The van der Waals surface area contributed by atoms with Crippen LogP contribution in [0.4, 0.5) is 0 Å². The highest BCUT2D eigenvalue weighted by Crippen LogP contribution is 2.15. The second kappa shape index (κ2) is 5.25. The van der Waals surface area contributed by atoms with Gasteiger partial charge in [-0.3, -0.25) is 4.40 Å². The molecule has 0 unspecified atom stereocenters. The number of thiazole rings is 1. The highest BCUT2D eigenvalue weighted by molar-refractivity contribution is 7.11. The lowest BCUT2D eigenvalue weighted by atomic mass is 10.3. The number of nitrogens with zero attached hydrogens (tertiary/aromatic N) is 4. The number of hydrogen-bond donors (Lipinski definition) is 0. The van der Waals surface area contributed by atoms with E-state index in [4.69, 9.17) is 4.74 Å². The van der Waals surface area contributed by atoms with Gasteiger partial charge in [-0.25, -0.2) is 19.7 Å². The minimum Gasteiger partial charge on any atom is -0.455 e. The number of aryl methyl sites for hydroxylation is 3. The summed E-state index contributed by atoms with van der Waals surface area (Å²) in [4.78, 5) is 25.2. The molecule has 0 saturated carbocycles. The molecule has 0 radical (unpaired) electrons. The predicted octanol–water partition coefficient (Wildman–Crippen LogP) is 2.47. The van der Waals surface area contributed by atoms with Gasteiger partial charge >= 0.3 is 5.97 Å². The number of fused-ring (bicyclic) bond motifs is 1. The van der Waals surface area contributed by atoms with Crippen LogP contribution in [0.2, 0.25) is 0 Å². The average Bonchev–Trinajstić information content (AvgIpc) is 3.02. The van der Waals surface area contributed by atoms with Gasteiger partial charge in [-0.1, -0.05) is 0 Å². The van der Waals surface area contributed by atoms with E-state index in [2.05, 4.69) is 15.0 Å². The Kier molecular flexibility index (Phi) is 3.42. The van der Waals surface area contributed by atoms with Gasteiger partial charge in [0.05, 0.1) is 16.9 Å². The zero-order chi connectivity index (χ0) is 15.0. The smallest absolute Gasteiger partial charge is 0.350 e. The van der Waals surface area contributed by atoms with Crippen molar-refractivity contribution in [2.45, 2.75) is 27.4 Å². The predicted molar refractivity (Wildman–Crippen MR) is 78.4 cm³/mol. The van der Waals surface area contributed by atoms with Crippen molar-refractivity contribution in [3.63, 3.8) is 0 Å². The van der Waals surface area contributed by atoms with E-state index in [0.717, 1.165) is 11.4 Å². The molecule has 21 heavy (non-hydrogen) atoms. The van der Waals surface area contributed by atoms with Crippen LogP contribution in [0.25, 0.3) is 5.78 Å². The summed E-state index contributed by atoms with van der Waals surface area (Å²) in [7, 11) is 0. The third-order valence-corrected chi connectivity index (χ3v) is 4.00. The molecule has 3 aromatic rings. The van der Waals surface area contributed by atoms with Gasteiger partial charge in [-0.05, 0) is 26.8 Å². The maximum atomic E-state index is 11.9. The highest BCUT2D eigenvalue weighted by atomic mass is 32.1. The van der Waals surface area contributed by atoms with Crippen molar-refractivity contribution in [2.75, 3.05) is 0 Å². The molecule has 0 saturated heterocycles. The van der Waals surface area contributed by atoms with Crippen LogP contribution < -0.4 is 0 Å². The van der Waals surface area contributed by atoms with Gasteiger partial charge in [-0.15, -0.1) is 11.3 Å². The van der Waals surface area contributed by atoms with Crippen molar-refractivity contribution in [3.8, 4) is 0 Å². The Morgan fingerprint density at radius 1 is 1.33 bits per heavy atom. The molecule has 7 heteroatoms. The lowest BCUT2D eigenvalue weighted by Crippen LogP contribution is -2.05. The van der Waals surface area contributed by atoms with Crippen molar-refractivity contribution < 1.29 is 9.53 Å². The number of ether oxygens (including phenoxy) is 1. The third-order valence-electron chi connectivity index (χ3n) is 3.09. The Hall–Kier alpha value is -2.28. The van der Waals surface area contributed by atoms with E-state index < -0.39 is 0 Å². The molecule has 0 amide bonds. The number of carbonyl (C=O) groups is 1. The molecule has 0 atom stereocenters. The number of hydrogen-bond acceptors (Lipinski definition) is 6. The number of carbonyl (C=O) groups excluding carboxylic acids is 1. The summed E-state index contributed by atoms with van der Waals surface area (Å²) < 4.78 is 7.16. The summed E-state index contributed by atoms with van der Waals surface area (Å²) in [5.41, 5.74) is 4.95. The molecular formula is C14H14N4O2S. The van der Waals surface area contributed by atoms with Crippen LogP contribution in [0.5, 0.6) is 0 Å². The van der Waals surface area contributed by atoms with Crippen LogP contribution in [-0.2, 0) is 11.3 Å². The quantitative estimate of drug-likeness (QED) is 0.695. The standard InChI is InChI=1S/C14H14N4O2S/c1-8-4-9(2)18-5-11(17-14(18)16-8)6-20-13(19)12-10(3)15-7-21-12/h4-5,7H,6H2,1-3H3. The molecule has 3 rings (SSSR count). The second-order valence-electron chi connectivity index (χ2n) is 4.78. The van der Waals surface area contributed by atoms with Crippen LogP contribution in [0.1, 0.15) is 32.4 Å². The number of esters is 1. The van der Waals surface area contributed by atoms with Gasteiger partial charge in [0, 0.05) is 17.6 Å². The van der Waals surface area contributed by atoms with Crippen LogP contribution in [0.15, 0.2) is 17.8 Å². The molecule has 3 heterocycles. The lowest BCUT2D eigenvalue weighted by Gasteiger charge is -2.00. The summed E-state index contributed by atoms with van der Waals surface area (Å²) in [6.07, 6.45) is 1.84. The first kappa shape index (κ1) is 13.7. The van der Waals surface area contributed by atoms with Gasteiger partial charge in [0.15, 0.2) is 0 Å². The van der Waals surface area contributed by atoms with E-state index in [1.165, 1.54) is 11.3 Å². The lowest BCUT2D eigenvalue weighted by molar-refractivity contribution is 0.0473. The van der Waals surface area contributed by atoms with E-state index in [1.807, 2.05) is 30.5 Å². The Labute approximate surface area is 125 Å². The minimum absolute atomic E-state index is 0.123. The van der Waals surface area contributed by atoms with Crippen LogP contribution in [0.3, 0.4) is 0 Å². The van der Waals surface area contributed by atoms with E-state index >= 15 is 0 Å². The summed E-state index contributed by atoms with van der Waals surface area (Å²) in [6, 6.07) is 1.98. The molecule has 0 bridgehead atoms. The molecule has 3 aromatic heterocycles. The molecular weight excluding hydrogens is 288 g/mol. The monoisotopic (exact) mass is 302 g/mol. The summed E-state index contributed by atoms with van der Waals surface area (Å²) in [5.74, 6) is 0.250. The number of aromatic nitrogens is 4. The second-order valence-corrected chi connectivity index (χ2v) is 5.64. The van der Waals surface area contributed by atoms with Crippen molar-refractivity contribution in [3.05, 3.63) is 45.4 Å². The van der Waals surface area contributed by atoms with Crippen LogP contribution >= 0.6 is 11.3 Å². The average molecular weight is 302 g/mol. The molecule has 6 nitrogen and oxygen atoms in total. The van der Waals surface area contributed by atoms with Crippen LogP contribution in [0, 0.1) is 20.8 Å². The molecule has 108 valence electrons. The summed E-state index contributed by atoms with van der Waals surface area (Å²) in [6.45, 7) is 5.82. The Balaban J connectivity index is 1.78. The van der Waals surface area contributed by atoms with Crippen molar-refractivity contribution in [2.24, 2.45) is 0 Å². The Morgan fingerprint density at radius 2 is 2.14 bits per heavy atom. The topological polar surface area (TPSA) is 69.4 Å². The Bertz CT molecular complexity index is 822. The van der Waals surface area contributed by atoms with E-state index in [1.54, 1.807) is 12.4 Å². The Morgan fingerprint density at radius 3 is 2.86 bits per heavy atom. The first-order chi connectivity index (χ1) is 10.0. The molecule has 0 aliphatic rings. The van der Waals surface area contributed by atoms with Gasteiger partial charge < -0.3 is 4.74 Å². The van der Waals surface area contributed by atoms with E-state index in [-0.39, 0.29) is 12.6 Å². The number of imidazole rings is 1. The summed E-state index contributed by atoms with van der Waals surface area (Å²) in [5, 5.41) is 0. The minimum atomic E-state index is -0.368. The van der Waals surface area contributed by atoms with Crippen molar-refractivity contribution >= 4 is 23.1 Å². The maximum Gasteiger partial charge on any atom is 0.350 e. The van der Waals surface area contributed by atoms with Gasteiger partial charge in [0.25, 0.3) is 0 Å².